The van der Waals surface area contributed by atoms with Crippen LogP contribution in [-0.2, 0) is 6.42 Å². The fourth-order valence-corrected chi connectivity index (χ4v) is 1.16. The normalized spacial score (nSPS) is 9.43. The second kappa shape index (κ2) is 4.38. The van der Waals surface area contributed by atoms with Gasteiger partial charge in [-0.1, -0.05) is 13.3 Å². The third-order valence-corrected chi connectivity index (χ3v) is 1.82. The summed E-state index contributed by atoms with van der Waals surface area (Å²) in [5.74, 6) is -1.08. The zero-order chi connectivity index (χ0) is 10.6. The SMILES string of the molecule is CCCc1cc(C(=O)O)c(C#N)cn1. The van der Waals surface area contributed by atoms with Crippen LogP contribution in [0.25, 0.3) is 0 Å². The molecular weight excluding hydrogens is 180 g/mol. The van der Waals surface area contributed by atoms with Crippen LogP contribution in [0.5, 0.6) is 0 Å². The van der Waals surface area contributed by atoms with Gasteiger partial charge in [-0.3, -0.25) is 4.98 Å². The minimum atomic E-state index is -1.08. The molecule has 0 fully saturated rings. The number of pyridine rings is 1. The zero-order valence-electron chi connectivity index (χ0n) is 7.82. The molecule has 14 heavy (non-hydrogen) atoms. The van der Waals surface area contributed by atoms with E-state index >= 15 is 0 Å². The molecule has 0 saturated heterocycles. The van der Waals surface area contributed by atoms with Crippen LogP contribution in [0.3, 0.4) is 0 Å². The number of carboxylic acid groups (broad SMARTS) is 1. The first-order valence-corrected chi connectivity index (χ1v) is 4.31. The molecule has 4 nitrogen and oxygen atoms in total. The number of rotatable bonds is 3. The molecule has 1 aromatic rings. The van der Waals surface area contributed by atoms with Crippen molar-refractivity contribution in [2.24, 2.45) is 0 Å². The van der Waals surface area contributed by atoms with E-state index in [1.165, 1.54) is 12.3 Å². The molecule has 0 spiro atoms. The Morgan fingerprint density at radius 2 is 2.43 bits per heavy atom. The fourth-order valence-electron chi connectivity index (χ4n) is 1.16. The number of nitriles is 1. The third kappa shape index (κ3) is 2.07. The van der Waals surface area contributed by atoms with E-state index in [0.29, 0.717) is 5.69 Å². The number of carboxylic acids is 1. The van der Waals surface area contributed by atoms with E-state index in [9.17, 15) is 4.79 Å². The first-order chi connectivity index (χ1) is 6.69. The highest BCUT2D eigenvalue weighted by Gasteiger charge is 2.10. The van der Waals surface area contributed by atoms with E-state index in [4.69, 9.17) is 10.4 Å². The summed E-state index contributed by atoms with van der Waals surface area (Å²) in [5, 5.41) is 17.4. The zero-order valence-corrected chi connectivity index (χ0v) is 7.82. The molecule has 0 radical (unpaired) electrons. The number of hydrogen-bond donors (Lipinski definition) is 1. The van der Waals surface area contributed by atoms with E-state index in [2.05, 4.69) is 4.98 Å². The van der Waals surface area contributed by atoms with Gasteiger partial charge in [-0.2, -0.15) is 5.26 Å². The predicted molar refractivity (Wildman–Crippen MR) is 49.9 cm³/mol. The Kier molecular flexibility index (Phi) is 3.19. The summed E-state index contributed by atoms with van der Waals surface area (Å²) in [6.07, 6.45) is 2.94. The molecule has 0 aliphatic heterocycles. The Bertz CT molecular complexity index is 394. The van der Waals surface area contributed by atoms with Gasteiger partial charge in [0.25, 0.3) is 0 Å². The predicted octanol–water partition coefficient (Wildman–Crippen LogP) is 1.60. The van der Waals surface area contributed by atoms with E-state index < -0.39 is 5.97 Å². The minimum Gasteiger partial charge on any atom is -0.478 e. The summed E-state index contributed by atoms with van der Waals surface area (Å²) in [4.78, 5) is 14.8. The molecule has 1 heterocycles. The average molecular weight is 190 g/mol. The molecule has 0 saturated carbocycles. The van der Waals surface area contributed by atoms with Crippen molar-refractivity contribution in [2.45, 2.75) is 19.8 Å². The summed E-state index contributed by atoms with van der Waals surface area (Å²) in [6.45, 7) is 1.99. The van der Waals surface area contributed by atoms with E-state index in [-0.39, 0.29) is 11.1 Å². The van der Waals surface area contributed by atoms with Crippen molar-refractivity contribution in [2.75, 3.05) is 0 Å². The lowest BCUT2D eigenvalue weighted by atomic mass is 10.1. The molecule has 0 aromatic carbocycles. The molecule has 72 valence electrons. The van der Waals surface area contributed by atoms with Gasteiger partial charge in [0.05, 0.1) is 11.1 Å². The van der Waals surface area contributed by atoms with Crippen LogP contribution in [0.15, 0.2) is 12.3 Å². The standard InChI is InChI=1S/C10H10N2O2/c1-2-3-8-4-9(10(13)14)7(5-11)6-12-8/h4,6H,2-3H2,1H3,(H,13,14). The molecular formula is C10H10N2O2. The molecule has 1 rings (SSSR count). The topological polar surface area (TPSA) is 74.0 Å². The van der Waals surface area contributed by atoms with E-state index in [1.54, 1.807) is 6.07 Å². The quantitative estimate of drug-likeness (QED) is 0.785. The monoisotopic (exact) mass is 190 g/mol. The van der Waals surface area contributed by atoms with Crippen molar-refractivity contribution in [3.63, 3.8) is 0 Å². The van der Waals surface area contributed by atoms with Gasteiger partial charge < -0.3 is 5.11 Å². The summed E-state index contributed by atoms with van der Waals surface area (Å²) in [7, 11) is 0. The van der Waals surface area contributed by atoms with Gasteiger partial charge in [0.1, 0.15) is 6.07 Å². The Labute approximate surface area is 81.8 Å². The Balaban J connectivity index is 3.16. The maximum atomic E-state index is 10.8. The van der Waals surface area contributed by atoms with E-state index in [1.807, 2.05) is 6.92 Å². The first kappa shape index (κ1) is 10.2. The maximum absolute atomic E-state index is 10.8. The van der Waals surface area contributed by atoms with Crippen molar-refractivity contribution in [3.05, 3.63) is 29.1 Å². The minimum absolute atomic E-state index is 0.0333. The Morgan fingerprint density at radius 1 is 1.71 bits per heavy atom. The lowest BCUT2D eigenvalue weighted by molar-refractivity contribution is 0.0696. The third-order valence-electron chi connectivity index (χ3n) is 1.82. The van der Waals surface area contributed by atoms with Crippen LogP contribution in [-0.4, -0.2) is 16.1 Å². The molecule has 1 aromatic heterocycles. The van der Waals surface area contributed by atoms with Crippen LogP contribution in [0.4, 0.5) is 0 Å². The number of carbonyl (C=O) groups is 1. The maximum Gasteiger partial charge on any atom is 0.337 e. The van der Waals surface area contributed by atoms with Crippen LogP contribution in [0, 0.1) is 11.3 Å². The van der Waals surface area contributed by atoms with Gasteiger partial charge in [-0.05, 0) is 12.5 Å². The number of nitrogens with zero attached hydrogens (tertiary/aromatic N) is 2. The molecule has 0 bridgehead atoms. The summed E-state index contributed by atoms with van der Waals surface area (Å²) in [6, 6.07) is 3.27. The van der Waals surface area contributed by atoms with Gasteiger partial charge in [-0.15, -0.1) is 0 Å². The van der Waals surface area contributed by atoms with Gasteiger partial charge in [-0.25, -0.2) is 4.79 Å². The highest BCUT2D eigenvalue weighted by Crippen LogP contribution is 2.09. The number of aromatic nitrogens is 1. The Morgan fingerprint density at radius 3 is 2.93 bits per heavy atom. The fraction of sp³-hybridized carbons (Fsp3) is 0.300. The number of hydrogen-bond acceptors (Lipinski definition) is 3. The van der Waals surface area contributed by atoms with Crippen molar-refractivity contribution in [1.29, 1.82) is 5.26 Å². The largest absolute Gasteiger partial charge is 0.478 e. The molecule has 4 heteroatoms. The van der Waals surface area contributed by atoms with Crippen LogP contribution in [0.2, 0.25) is 0 Å². The Hall–Kier alpha value is -1.89. The molecule has 0 aliphatic rings. The van der Waals surface area contributed by atoms with Gasteiger partial charge in [0, 0.05) is 11.9 Å². The van der Waals surface area contributed by atoms with Crippen LogP contribution in [0.1, 0.15) is 35.0 Å². The van der Waals surface area contributed by atoms with Gasteiger partial charge in [0.15, 0.2) is 0 Å². The second-order valence-electron chi connectivity index (χ2n) is 2.89. The second-order valence-corrected chi connectivity index (χ2v) is 2.89. The van der Waals surface area contributed by atoms with Crippen molar-refractivity contribution >= 4 is 5.97 Å². The number of aryl methyl sites for hydroxylation is 1. The lowest BCUT2D eigenvalue weighted by Gasteiger charge is -2.01. The average Bonchev–Trinajstić information content (AvgIpc) is 2.18. The van der Waals surface area contributed by atoms with Crippen LogP contribution < -0.4 is 0 Å². The van der Waals surface area contributed by atoms with Crippen LogP contribution >= 0.6 is 0 Å². The summed E-state index contributed by atoms with van der Waals surface area (Å²) in [5.41, 5.74) is 0.854. The highest BCUT2D eigenvalue weighted by atomic mass is 16.4. The van der Waals surface area contributed by atoms with Gasteiger partial charge in [0.2, 0.25) is 0 Å². The molecule has 1 N–H and O–H groups in total. The molecule has 0 amide bonds. The van der Waals surface area contributed by atoms with Crippen molar-refractivity contribution < 1.29 is 9.90 Å². The van der Waals surface area contributed by atoms with Gasteiger partial charge >= 0.3 is 5.97 Å². The summed E-state index contributed by atoms with van der Waals surface area (Å²) >= 11 is 0. The van der Waals surface area contributed by atoms with E-state index in [0.717, 1.165) is 12.8 Å². The molecule has 0 aliphatic carbocycles. The lowest BCUT2D eigenvalue weighted by Crippen LogP contribution is -2.03. The first-order valence-electron chi connectivity index (χ1n) is 4.31. The van der Waals surface area contributed by atoms with Crippen molar-refractivity contribution in [3.8, 4) is 6.07 Å². The molecule has 0 atom stereocenters. The van der Waals surface area contributed by atoms with Crippen molar-refractivity contribution in [1.82, 2.24) is 4.98 Å². The smallest absolute Gasteiger partial charge is 0.337 e. The summed E-state index contributed by atoms with van der Waals surface area (Å²) < 4.78 is 0. The number of aromatic carboxylic acids is 1. The highest BCUT2D eigenvalue weighted by molar-refractivity contribution is 5.90. The molecule has 0 unspecified atom stereocenters.